The maximum atomic E-state index is 10.5. The Kier molecular flexibility index (Phi) is 2.39. The molecule has 0 fully saturated rings. The van der Waals surface area contributed by atoms with Gasteiger partial charge in [0.1, 0.15) is 5.76 Å². The fourth-order valence-corrected chi connectivity index (χ4v) is 1.93. The van der Waals surface area contributed by atoms with E-state index in [9.17, 15) is 14.7 Å². The van der Waals surface area contributed by atoms with Gasteiger partial charge in [0, 0.05) is 0 Å². The van der Waals surface area contributed by atoms with Crippen LogP contribution in [0.25, 0.3) is 10.6 Å². The van der Waals surface area contributed by atoms with Crippen LogP contribution >= 0.6 is 11.3 Å². The minimum absolute atomic E-state index is 0.133. The first-order chi connectivity index (χ1) is 7.20. The standard InChI is InChI=1S/C10H6O4S/c11-5-6-1-2-7(14-6)8-3-4-9(15-8)10(12)13/h1-5H,(H,12,13)/p-1. The van der Waals surface area contributed by atoms with Crippen LogP contribution in [0.1, 0.15) is 20.2 Å². The molecular weight excluding hydrogens is 216 g/mol. The lowest BCUT2D eigenvalue weighted by Crippen LogP contribution is -2.20. The number of furan rings is 1. The van der Waals surface area contributed by atoms with Crippen LogP contribution in [0.5, 0.6) is 0 Å². The molecule has 0 saturated carbocycles. The van der Waals surface area contributed by atoms with Crippen LogP contribution in [-0.4, -0.2) is 12.3 Å². The van der Waals surface area contributed by atoms with Gasteiger partial charge in [0.2, 0.25) is 0 Å². The van der Waals surface area contributed by atoms with Crippen LogP contribution in [0.2, 0.25) is 0 Å². The predicted molar refractivity (Wildman–Crippen MR) is 51.7 cm³/mol. The van der Waals surface area contributed by atoms with Gasteiger partial charge in [-0.2, -0.15) is 0 Å². The van der Waals surface area contributed by atoms with Gasteiger partial charge in [-0.1, -0.05) is 0 Å². The zero-order valence-corrected chi connectivity index (χ0v) is 8.24. The lowest BCUT2D eigenvalue weighted by molar-refractivity contribution is -0.254. The zero-order chi connectivity index (χ0) is 10.8. The van der Waals surface area contributed by atoms with E-state index in [2.05, 4.69) is 0 Å². The number of carboxylic acid groups (broad SMARTS) is 1. The van der Waals surface area contributed by atoms with Crippen LogP contribution in [-0.2, 0) is 0 Å². The molecule has 0 aromatic carbocycles. The third-order valence-corrected chi connectivity index (χ3v) is 2.87. The molecule has 0 aliphatic rings. The predicted octanol–water partition coefficient (Wildman–Crippen LogP) is 1.18. The highest BCUT2D eigenvalue weighted by Crippen LogP contribution is 2.28. The molecule has 0 saturated heterocycles. The van der Waals surface area contributed by atoms with Crippen LogP contribution < -0.4 is 5.11 Å². The number of hydrogen-bond donors (Lipinski definition) is 0. The van der Waals surface area contributed by atoms with E-state index >= 15 is 0 Å². The molecule has 0 N–H and O–H groups in total. The number of rotatable bonds is 3. The van der Waals surface area contributed by atoms with Gasteiger partial charge in [0.05, 0.1) is 15.7 Å². The summed E-state index contributed by atoms with van der Waals surface area (Å²) in [6.45, 7) is 0. The second kappa shape index (κ2) is 3.70. The van der Waals surface area contributed by atoms with Crippen molar-refractivity contribution in [2.45, 2.75) is 0 Å². The Morgan fingerprint density at radius 3 is 2.67 bits per heavy atom. The highest BCUT2D eigenvalue weighted by atomic mass is 32.1. The fourth-order valence-electron chi connectivity index (χ4n) is 1.13. The number of aromatic carboxylic acids is 1. The van der Waals surface area contributed by atoms with E-state index in [0.29, 0.717) is 16.9 Å². The first kappa shape index (κ1) is 9.67. The van der Waals surface area contributed by atoms with E-state index < -0.39 is 5.97 Å². The molecule has 76 valence electrons. The van der Waals surface area contributed by atoms with Gasteiger partial charge in [0.25, 0.3) is 0 Å². The average Bonchev–Trinajstić information content (AvgIpc) is 2.86. The molecule has 0 atom stereocenters. The first-order valence-electron chi connectivity index (χ1n) is 4.07. The van der Waals surface area contributed by atoms with Crippen molar-refractivity contribution in [1.29, 1.82) is 0 Å². The summed E-state index contributed by atoms with van der Waals surface area (Å²) in [6, 6.07) is 6.21. The second-order valence-electron chi connectivity index (χ2n) is 2.77. The molecule has 0 radical (unpaired) electrons. The Hall–Kier alpha value is -1.88. The summed E-state index contributed by atoms with van der Waals surface area (Å²) in [5.41, 5.74) is 0. The lowest BCUT2D eigenvalue weighted by atomic mass is 10.3. The molecule has 15 heavy (non-hydrogen) atoms. The summed E-state index contributed by atoms with van der Waals surface area (Å²) in [5.74, 6) is -0.517. The minimum atomic E-state index is -1.21. The smallest absolute Gasteiger partial charge is 0.185 e. The number of carboxylic acids is 1. The SMILES string of the molecule is O=Cc1ccc(-c2ccc(C(=O)[O-])s2)o1. The van der Waals surface area contributed by atoms with Crippen molar-refractivity contribution in [3.05, 3.63) is 34.9 Å². The monoisotopic (exact) mass is 221 g/mol. The van der Waals surface area contributed by atoms with E-state index in [1.807, 2.05) is 0 Å². The van der Waals surface area contributed by atoms with Gasteiger partial charge in [-0.25, -0.2) is 0 Å². The molecule has 0 spiro atoms. The summed E-state index contributed by atoms with van der Waals surface area (Å²) < 4.78 is 5.14. The Balaban J connectivity index is 2.36. The van der Waals surface area contributed by atoms with Gasteiger partial charge in [-0.3, -0.25) is 4.79 Å². The van der Waals surface area contributed by atoms with E-state index in [-0.39, 0.29) is 10.6 Å². The summed E-state index contributed by atoms with van der Waals surface area (Å²) in [5, 5.41) is 10.5. The zero-order valence-electron chi connectivity index (χ0n) is 7.43. The van der Waals surface area contributed by atoms with Crippen LogP contribution in [0.15, 0.2) is 28.7 Å². The molecule has 0 aliphatic carbocycles. The minimum Gasteiger partial charge on any atom is -0.544 e. The summed E-state index contributed by atoms with van der Waals surface area (Å²) in [4.78, 5) is 21.7. The molecule has 2 rings (SSSR count). The molecule has 5 heteroatoms. The Morgan fingerprint density at radius 1 is 1.33 bits per heavy atom. The van der Waals surface area contributed by atoms with Crippen molar-refractivity contribution < 1.29 is 19.1 Å². The Labute approximate surface area is 88.8 Å². The van der Waals surface area contributed by atoms with E-state index in [0.717, 1.165) is 11.3 Å². The quantitative estimate of drug-likeness (QED) is 0.730. The summed E-state index contributed by atoms with van der Waals surface area (Å²) in [7, 11) is 0. The molecule has 2 aromatic rings. The molecule has 0 aliphatic heterocycles. The number of hydrogen-bond acceptors (Lipinski definition) is 5. The Morgan fingerprint density at radius 2 is 2.13 bits per heavy atom. The Bertz CT molecular complexity index is 509. The highest BCUT2D eigenvalue weighted by molar-refractivity contribution is 7.17. The normalized spacial score (nSPS) is 10.1. The third-order valence-electron chi connectivity index (χ3n) is 1.79. The van der Waals surface area contributed by atoms with Gasteiger partial charge in [-0.05, 0) is 24.3 Å². The molecule has 0 amide bonds. The summed E-state index contributed by atoms with van der Waals surface area (Å²) in [6.07, 6.45) is 0.594. The van der Waals surface area contributed by atoms with Gasteiger partial charge >= 0.3 is 0 Å². The largest absolute Gasteiger partial charge is 0.544 e. The van der Waals surface area contributed by atoms with E-state index in [1.54, 1.807) is 12.1 Å². The molecule has 2 aromatic heterocycles. The summed E-state index contributed by atoms with van der Waals surface area (Å²) >= 11 is 1.05. The van der Waals surface area contributed by atoms with Crippen molar-refractivity contribution in [3.63, 3.8) is 0 Å². The topological polar surface area (TPSA) is 70.3 Å². The molecule has 0 bridgehead atoms. The van der Waals surface area contributed by atoms with E-state index in [4.69, 9.17) is 4.42 Å². The third kappa shape index (κ3) is 1.82. The maximum Gasteiger partial charge on any atom is 0.185 e. The number of thiophene rings is 1. The molecular formula is C10H5O4S-. The van der Waals surface area contributed by atoms with Crippen LogP contribution in [0.4, 0.5) is 0 Å². The van der Waals surface area contributed by atoms with Crippen LogP contribution in [0.3, 0.4) is 0 Å². The van der Waals surface area contributed by atoms with Crippen molar-refractivity contribution >= 4 is 23.6 Å². The maximum absolute atomic E-state index is 10.5. The van der Waals surface area contributed by atoms with Gasteiger partial charge in [0.15, 0.2) is 12.0 Å². The number of aldehydes is 1. The molecule has 4 nitrogen and oxygen atoms in total. The fraction of sp³-hybridized carbons (Fsp3) is 0. The lowest BCUT2D eigenvalue weighted by Gasteiger charge is -1.93. The number of carbonyl (C=O) groups excluding carboxylic acids is 2. The van der Waals surface area contributed by atoms with Crippen LogP contribution in [0, 0.1) is 0 Å². The second-order valence-corrected chi connectivity index (χ2v) is 3.85. The van der Waals surface area contributed by atoms with Crippen molar-refractivity contribution in [3.8, 4) is 10.6 Å². The molecule has 2 heterocycles. The van der Waals surface area contributed by atoms with Gasteiger partial charge in [-0.15, -0.1) is 11.3 Å². The number of carbonyl (C=O) groups is 2. The molecule has 0 unspecified atom stereocenters. The average molecular weight is 221 g/mol. The highest BCUT2D eigenvalue weighted by Gasteiger charge is 2.07. The van der Waals surface area contributed by atoms with E-state index in [1.165, 1.54) is 12.1 Å². The first-order valence-corrected chi connectivity index (χ1v) is 4.89. The van der Waals surface area contributed by atoms with Crippen molar-refractivity contribution in [2.24, 2.45) is 0 Å². The van der Waals surface area contributed by atoms with Crippen molar-refractivity contribution in [1.82, 2.24) is 0 Å². The van der Waals surface area contributed by atoms with Gasteiger partial charge < -0.3 is 14.3 Å². The van der Waals surface area contributed by atoms with Crippen molar-refractivity contribution in [2.75, 3.05) is 0 Å².